The van der Waals surface area contributed by atoms with Crippen LogP contribution in [0.5, 0.6) is 0 Å². The molecular weight excluding hydrogens is 272 g/mol. The van der Waals surface area contributed by atoms with Crippen LogP contribution in [-0.4, -0.2) is 39.7 Å². The number of hydrogen-bond donors (Lipinski definition) is 2. The van der Waals surface area contributed by atoms with Crippen LogP contribution in [0.25, 0.3) is 0 Å². The Labute approximate surface area is 123 Å². The first-order valence-corrected chi connectivity index (χ1v) is 8.49. The van der Waals surface area contributed by atoms with E-state index in [0.29, 0.717) is 11.2 Å². The van der Waals surface area contributed by atoms with Gasteiger partial charge >= 0.3 is 6.03 Å². The van der Waals surface area contributed by atoms with Crippen molar-refractivity contribution in [1.29, 1.82) is 0 Å². The van der Waals surface area contributed by atoms with Crippen LogP contribution in [-0.2, 0) is 13.0 Å². The van der Waals surface area contributed by atoms with Crippen LogP contribution in [0, 0.1) is 5.92 Å². The quantitative estimate of drug-likeness (QED) is 0.887. The lowest BCUT2D eigenvalue weighted by molar-refractivity contribution is 0.236. The Hall–Kier alpha value is -1.17. The Morgan fingerprint density at radius 1 is 1.40 bits per heavy atom. The van der Waals surface area contributed by atoms with E-state index in [1.165, 1.54) is 24.4 Å². The molecule has 20 heavy (non-hydrogen) atoms. The molecule has 110 valence electrons. The minimum absolute atomic E-state index is 0.0195. The fourth-order valence-corrected chi connectivity index (χ4v) is 4.12. The molecule has 3 rings (SSSR count). The van der Waals surface area contributed by atoms with Crippen LogP contribution in [0.2, 0.25) is 0 Å². The second-order valence-corrected chi connectivity index (χ2v) is 7.03. The second-order valence-electron chi connectivity index (χ2n) is 5.63. The normalized spacial score (nSPS) is 25.2. The lowest BCUT2D eigenvalue weighted by Gasteiger charge is -2.24. The number of imidazole rings is 1. The van der Waals surface area contributed by atoms with Crippen LogP contribution >= 0.6 is 11.8 Å². The largest absolute Gasteiger partial charge is 0.338 e. The summed E-state index contributed by atoms with van der Waals surface area (Å²) in [6.45, 7) is 2.52. The molecule has 2 aliphatic rings. The number of nitrogens with one attached hydrogen (secondary N) is 2. The lowest BCUT2D eigenvalue weighted by Crippen LogP contribution is -2.41. The Kier molecular flexibility index (Phi) is 4.50. The van der Waals surface area contributed by atoms with E-state index in [2.05, 4.69) is 20.2 Å². The Morgan fingerprint density at radius 2 is 2.30 bits per heavy atom. The molecule has 5 nitrogen and oxygen atoms in total. The highest BCUT2D eigenvalue weighted by Crippen LogP contribution is 2.25. The van der Waals surface area contributed by atoms with Crippen LogP contribution < -0.4 is 10.6 Å². The predicted molar refractivity (Wildman–Crippen MR) is 80.9 cm³/mol. The van der Waals surface area contributed by atoms with Crippen LogP contribution in [0.3, 0.4) is 0 Å². The van der Waals surface area contributed by atoms with E-state index in [-0.39, 0.29) is 6.03 Å². The van der Waals surface area contributed by atoms with Crippen molar-refractivity contribution in [1.82, 2.24) is 20.2 Å². The molecule has 0 radical (unpaired) electrons. The predicted octanol–water partition coefficient (Wildman–Crippen LogP) is 1.64. The van der Waals surface area contributed by atoms with Gasteiger partial charge < -0.3 is 15.2 Å². The van der Waals surface area contributed by atoms with Crippen molar-refractivity contribution >= 4 is 17.8 Å². The van der Waals surface area contributed by atoms with Crippen molar-refractivity contribution in [2.45, 2.75) is 37.5 Å². The number of carbonyl (C=O) groups is 1. The average Bonchev–Trinajstić information content (AvgIpc) is 3.13. The smallest absolute Gasteiger partial charge is 0.314 e. The number of hydrogen-bond acceptors (Lipinski definition) is 3. The first-order valence-electron chi connectivity index (χ1n) is 7.44. The zero-order chi connectivity index (χ0) is 13.8. The third kappa shape index (κ3) is 3.48. The van der Waals surface area contributed by atoms with Crippen LogP contribution in [0.15, 0.2) is 12.4 Å². The highest BCUT2D eigenvalue weighted by atomic mass is 32.2. The van der Waals surface area contributed by atoms with Crippen LogP contribution in [0.4, 0.5) is 4.79 Å². The topological polar surface area (TPSA) is 59.0 Å². The van der Waals surface area contributed by atoms with Gasteiger partial charge in [-0.25, -0.2) is 9.78 Å². The van der Waals surface area contributed by atoms with E-state index in [1.807, 2.05) is 24.2 Å². The van der Waals surface area contributed by atoms with E-state index in [9.17, 15) is 4.79 Å². The molecular formula is C14H22N4OS. The second kappa shape index (κ2) is 6.52. The van der Waals surface area contributed by atoms with Gasteiger partial charge in [-0.05, 0) is 30.9 Å². The van der Waals surface area contributed by atoms with Crippen molar-refractivity contribution in [3.05, 3.63) is 18.2 Å². The summed E-state index contributed by atoms with van der Waals surface area (Å²) in [6.07, 6.45) is 8.52. The molecule has 2 atom stereocenters. The summed E-state index contributed by atoms with van der Waals surface area (Å²) in [4.78, 5) is 16.1. The van der Waals surface area contributed by atoms with Gasteiger partial charge in [0.05, 0.1) is 0 Å². The Morgan fingerprint density at radius 3 is 3.15 bits per heavy atom. The third-order valence-electron chi connectivity index (χ3n) is 4.10. The van der Waals surface area contributed by atoms with E-state index >= 15 is 0 Å². The minimum Gasteiger partial charge on any atom is -0.338 e. The molecule has 1 saturated heterocycles. The van der Waals surface area contributed by atoms with Gasteiger partial charge in [0, 0.05) is 43.7 Å². The van der Waals surface area contributed by atoms with E-state index in [1.54, 1.807) is 0 Å². The number of urea groups is 1. The SMILES string of the molecule is O=C(NCC1CCc2nccn2C1)NCC1CCCS1. The first-order chi connectivity index (χ1) is 9.81. The number of fused-ring (bicyclic) bond motifs is 1. The summed E-state index contributed by atoms with van der Waals surface area (Å²) in [6, 6.07) is -0.0195. The fourth-order valence-electron chi connectivity index (χ4n) is 2.92. The van der Waals surface area contributed by atoms with Gasteiger partial charge in [0.1, 0.15) is 5.82 Å². The maximum Gasteiger partial charge on any atom is 0.314 e. The fraction of sp³-hybridized carbons (Fsp3) is 0.714. The number of rotatable bonds is 4. The van der Waals surface area contributed by atoms with Crippen LogP contribution in [0.1, 0.15) is 25.1 Å². The minimum atomic E-state index is -0.0195. The maximum absolute atomic E-state index is 11.8. The first kappa shape index (κ1) is 13.8. The molecule has 0 aliphatic carbocycles. The number of amides is 2. The molecule has 1 fully saturated rings. The molecule has 2 unspecified atom stereocenters. The molecule has 6 heteroatoms. The molecule has 0 bridgehead atoms. The van der Waals surface area contributed by atoms with Crippen molar-refractivity contribution in [3.63, 3.8) is 0 Å². The molecule has 1 aromatic rings. The lowest BCUT2D eigenvalue weighted by atomic mass is 9.99. The summed E-state index contributed by atoms with van der Waals surface area (Å²) in [7, 11) is 0. The zero-order valence-corrected chi connectivity index (χ0v) is 12.5. The average molecular weight is 294 g/mol. The summed E-state index contributed by atoms with van der Waals surface area (Å²) in [5.41, 5.74) is 0. The Bertz CT molecular complexity index is 456. The standard InChI is InChI=1S/C14H22N4OS/c19-14(17-9-12-2-1-7-20-12)16-8-11-3-4-13-15-5-6-18(13)10-11/h5-6,11-12H,1-4,7-10H2,(H2,16,17,19). The van der Waals surface area contributed by atoms with Gasteiger partial charge in [-0.15, -0.1) is 0 Å². The molecule has 2 N–H and O–H groups in total. The third-order valence-corrected chi connectivity index (χ3v) is 5.50. The molecule has 1 aromatic heterocycles. The maximum atomic E-state index is 11.8. The van der Waals surface area contributed by atoms with E-state index in [4.69, 9.17) is 0 Å². The van der Waals surface area contributed by atoms with Crippen molar-refractivity contribution in [3.8, 4) is 0 Å². The van der Waals surface area contributed by atoms with Gasteiger partial charge in [0.15, 0.2) is 0 Å². The summed E-state index contributed by atoms with van der Waals surface area (Å²) in [5, 5.41) is 6.61. The van der Waals surface area contributed by atoms with Crippen molar-refractivity contribution in [2.24, 2.45) is 5.92 Å². The summed E-state index contributed by atoms with van der Waals surface area (Å²) in [5.74, 6) is 2.93. The molecule has 0 spiro atoms. The number of nitrogens with zero attached hydrogens (tertiary/aromatic N) is 2. The van der Waals surface area contributed by atoms with Gasteiger partial charge in [-0.2, -0.15) is 11.8 Å². The highest BCUT2D eigenvalue weighted by molar-refractivity contribution is 8.00. The molecule has 0 saturated carbocycles. The summed E-state index contributed by atoms with van der Waals surface area (Å²) < 4.78 is 2.20. The summed E-state index contributed by atoms with van der Waals surface area (Å²) >= 11 is 1.97. The molecule has 3 heterocycles. The number of thioether (sulfide) groups is 1. The van der Waals surface area contributed by atoms with Gasteiger partial charge in [-0.3, -0.25) is 0 Å². The van der Waals surface area contributed by atoms with Gasteiger partial charge in [-0.1, -0.05) is 0 Å². The molecule has 2 amide bonds. The van der Waals surface area contributed by atoms with Crippen molar-refractivity contribution < 1.29 is 4.79 Å². The van der Waals surface area contributed by atoms with Crippen molar-refractivity contribution in [2.75, 3.05) is 18.8 Å². The molecule has 2 aliphatic heterocycles. The Balaban J connectivity index is 1.36. The van der Waals surface area contributed by atoms with Gasteiger partial charge in [0.2, 0.25) is 0 Å². The zero-order valence-electron chi connectivity index (χ0n) is 11.7. The number of carbonyl (C=O) groups excluding carboxylic acids is 1. The highest BCUT2D eigenvalue weighted by Gasteiger charge is 2.20. The number of aryl methyl sites for hydroxylation is 1. The van der Waals surface area contributed by atoms with E-state index < -0.39 is 0 Å². The molecule has 0 aromatic carbocycles. The monoisotopic (exact) mass is 294 g/mol. The number of aromatic nitrogens is 2. The van der Waals surface area contributed by atoms with E-state index in [0.717, 1.165) is 32.5 Å². The van der Waals surface area contributed by atoms with Gasteiger partial charge in [0.25, 0.3) is 0 Å².